The molecule has 0 aliphatic heterocycles. The van der Waals surface area contributed by atoms with Crippen LogP contribution < -0.4 is 14.2 Å². The fourth-order valence-corrected chi connectivity index (χ4v) is 3.31. The van der Waals surface area contributed by atoms with Gasteiger partial charge in [0.1, 0.15) is 23.0 Å². The Morgan fingerprint density at radius 1 is 0.714 bits per heavy atom. The quantitative estimate of drug-likeness (QED) is 0.191. The van der Waals surface area contributed by atoms with Gasteiger partial charge in [0.05, 0.1) is 19.8 Å². The number of hydrogen-bond donors (Lipinski definition) is 0. The molecule has 0 fully saturated rings. The van der Waals surface area contributed by atoms with Crippen molar-refractivity contribution in [3.63, 3.8) is 0 Å². The van der Waals surface area contributed by atoms with E-state index in [4.69, 9.17) is 23.7 Å². The summed E-state index contributed by atoms with van der Waals surface area (Å²) in [5, 5.41) is 0. The van der Waals surface area contributed by atoms with Gasteiger partial charge in [0.2, 0.25) is 0 Å². The van der Waals surface area contributed by atoms with Gasteiger partial charge in [-0.1, -0.05) is 37.3 Å². The average Bonchev–Trinajstić information content (AvgIpc) is 2.89. The van der Waals surface area contributed by atoms with Gasteiger partial charge in [-0.2, -0.15) is 0 Å². The van der Waals surface area contributed by atoms with Crippen molar-refractivity contribution < 1.29 is 28.5 Å². The predicted molar refractivity (Wildman–Crippen MR) is 135 cm³/mol. The van der Waals surface area contributed by atoms with Gasteiger partial charge in [-0.3, -0.25) is 0 Å². The van der Waals surface area contributed by atoms with Gasteiger partial charge in [-0.15, -0.1) is 0 Å². The van der Waals surface area contributed by atoms with Gasteiger partial charge in [-0.05, 0) is 67.4 Å². The lowest BCUT2D eigenvalue weighted by molar-refractivity contribution is -0.156. The molecule has 0 saturated carbocycles. The number of carbonyl (C=O) groups is 1. The maximum atomic E-state index is 12.1. The second-order valence-electron chi connectivity index (χ2n) is 7.90. The van der Waals surface area contributed by atoms with Crippen molar-refractivity contribution in [2.75, 3.05) is 26.4 Å². The minimum Gasteiger partial charge on any atom is -0.493 e. The molecule has 0 spiro atoms. The summed E-state index contributed by atoms with van der Waals surface area (Å²) < 4.78 is 28.2. The number of benzene rings is 3. The van der Waals surface area contributed by atoms with Crippen molar-refractivity contribution in [3.05, 3.63) is 84.4 Å². The van der Waals surface area contributed by atoms with E-state index in [9.17, 15) is 4.79 Å². The van der Waals surface area contributed by atoms with E-state index in [0.717, 1.165) is 41.4 Å². The highest BCUT2D eigenvalue weighted by Gasteiger charge is 2.20. The standard InChI is InChI=1S/C29H34O6/c1-3-19-34-28(29(30)31-4-2)22-23-11-13-24(14-12-23)32-20-8-21-33-25-15-17-27(18-16-25)35-26-9-6-5-7-10-26/h5-7,9-18,28H,3-4,8,19-22H2,1-2H3. The molecule has 1 atom stereocenters. The molecule has 3 rings (SSSR count). The van der Waals surface area contributed by atoms with Crippen LogP contribution in [0.25, 0.3) is 0 Å². The van der Waals surface area contributed by atoms with Crippen molar-refractivity contribution in [1.29, 1.82) is 0 Å². The topological polar surface area (TPSA) is 63.2 Å². The van der Waals surface area contributed by atoms with E-state index in [0.29, 0.717) is 32.8 Å². The molecule has 1 unspecified atom stereocenters. The fourth-order valence-electron chi connectivity index (χ4n) is 3.31. The lowest BCUT2D eigenvalue weighted by atomic mass is 10.1. The molecule has 6 heteroatoms. The largest absolute Gasteiger partial charge is 0.493 e. The van der Waals surface area contributed by atoms with Crippen LogP contribution in [0.5, 0.6) is 23.0 Å². The summed E-state index contributed by atoms with van der Waals surface area (Å²) >= 11 is 0. The van der Waals surface area contributed by atoms with Crippen LogP contribution >= 0.6 is 0 Å². The number of carbonyl (C=O) groups excluding carboxylic acids is 1. The Hall–Kier alpha value is -3.51. The molecule has 0 saturated heterocycles. The summed E-state index contributed by atoms with van der Waals surface area (Å²) in [5.41, 5.74) is 0.995. The molecule has 3 aromatic rings. The highest BCUT2D eigenvalue weighted by Crippen LogP contribution is 2.23. The average molecular weight is 479 g/mol. The van der Waals surface area contributed by atoms with E-state index in [-0.39, 0.29) is 5.97 Å². The van der Waals surface area contributed by atoms with Crippen molar-refractivity contribution >= 4 is 5.97 Å². The normalized spacial score (nSPS) is 11.5. The van der Waals surface area contributed by atoms with E-state index in [1.807, 2.05) is 85.8 Å². The zero-order valence-corrected chi connectivity index (χ0v) is 20.5. The van der Waals surface area contributed by atoms with Crippen LogP contribution in [0.3, 0.4) is 0 Å². The number of ether oxygens (including phenoxy) is 5. The van der Waals surface area contributed by atoms with Crippen molar-refractivity contribution in [3.8, 4) is 23.0 Å². The lowest BCUT2D eigenvalue weighted by Gasteiger charge is -2.16. The zero-order chi connectivity index (χ0) is 24.7. The van der Waals surface area contributed by atoms with Gasteiger partial charge >= 0.3 is 5.97 Å². The Bertz CT molecular complexity index is 986. The fraction of sp³-hybridized carbons (Fsp3) is 0.345. The molecule has 0 bridgehead atoms. The first-order chi connectivity index (χ1) is 17.2. The van der Waals surface area contributed by atoms with Gasteiger partial charge in [0.15, 0.2) is 6.10 Å². The highest BCUT2D eigenvalue weighted by atomic mass is 16.6. The van der Waals surface area contributed by atoms with Crippen LogP contribution in [-0.2, 0) is 20.7 Å². The van der Waals surface area contributed by atoms with Crippen molar-refractivity contribution in [2.45, 2.75) is 39.2 Å². The summed E-state index contributed by atoms with van der Waals surface area (Å²) in [7, 11) is 0. The molecular weight excluding hydrogens is 444 g/mol. The van der Waals surface area contributed by atoms with E-state index in [1.165, 1.54) is 0 Å². The highest BCUT2D eigenvalue weighted by molar-refractivity contribution is 5.75. The van der Waals surface area contributed by atoms with Gasteiger partial charge in [0, 0.05) is 19.4 Å². The number of para-hydroxylation sites is 1. The first-order valence-electron chi connectivity index (χ1n) is 12.1. The van der Waals surface area contributed by atoms with Crippen LogP contribution in [0.2, 0.25) is 0 Å². The maximum absolute atomic E-state index is 12.1. The lowest BCUT2D eigenvalue weighted by Crippen LogP contribution is -2.29. The Labute approximate surface area is 207 Å². The summed E-state index contributed by atoms with van der Waals surface area (Å²) in [6, 6.07) is 24.9. The van der Waals surface area contributed by atoms with E-state index in [1.54, 1.807) is 6.92 Å². The van der Waals surface area contributed by atoms with Crippen LogP contribution in [-0.4, -0.2) is 38.5 Å². The van der Waals surface area contributed by atoms with Gasteiger partial charge in [-0.25, -0.2) is 4.79 Å². The van der Waals surface area contributed by atoms with E-state index >= 15 is 0 Å². The number of hydrogen-bond acceptors (Lipinski definition) is 6. The molecule has 0 heterocycles. The molecule has 0 aromatic heterocycles. The first kappa shape index (κ1) is 26.1. The Kier molecular flexibility index (Phi) is 11.0. The number of esters is 1. The third kappa shape index (κ3) is 9.33. The maximum Gasteiger partial charge on any atom is 0.335 e. The summed E-state index contributed by atoms with van der Waals surface area (Å²) in [6.07, 6.45) is 1.49. The van der Waals surface area contributed by atoms with Crippen LogP contribution in [0.1, 0.15) is 32.3 Å². The monoisotopic (exact) mass is 478 g/mol. The molecule has 0 amide bonds. The second-order valence-corrected chi connectivity index (χ2v) is 7.90. The Balaban J connectivity index is 1.36. The molecule has 0 radical (unpaired) electrons. The number of rotatable bonds is 15. The molecular formula is C29H34O6. The molecule has 3 aromatic carbocycles. The smallest absolute Gasteiger partial charge is 0.335 e. The molecule has 186 valence electrons. The Morgan fingerprint density at radius 2 is 1.29 bits per heavy atom. The third-order valence-electron chi connectivity index (χ3n) is 5.05. The van der Waals surface area contributed by atoms with Gasteiger partial charge < -0.3 is 23.7 Å². The first-order valence-corrected chi connectivity index (χ1v) is 12.1. The minimum atomic E-state index is -0.585. The molecule has 0 N–H and O–H groups in total. The van der Waals surface area contributed by atoms with Crippen molar-refractivity contribution in [2.24, 2.45) is 0 Å². The summed E-state index contributed by atoms with van der Waals surface area (Å²) in [5.74, 6) is 2.81. The third-order valence-corrected chi connectivity index (χ3v) is 5.05. The molecule has 35 heavy (non-hydrogen) atoms. The van der Waals surface area contributed by atoms with Crippen LogP contribution in [0, 0.1) is 0 Å². The minimum absolute atomic E-state index is 0.320. The van der Waals surface area contributed by atoms with Gasteiger partial charge in [0.25, 0.3) is 0 Å². The predicted octanol–water partition coefficient (Wildman–Crippen LogP) is 6.23. The van der Waals surface area contributed by atoms with E-state index < -0.39 is 6.10 Å². The molecule has 0 aliphatic rings. The molecule has 6 nitrogen and oxygen atoms in total. The van der Waals surface area contributed by atoms with Crippen LogP contribution in [0.4, 0.5) is 0 Å². The zero-order valence-electron chi connectivity index (χ0n) is 20.5. The summed E-state index contributed by atoms with van der Waals surface area (Å²) in [4.78, 5) is 12.1. The van der Waals surface area contributed by atoms with E-state index in [2.05, 4.69) is 0 Å². The molecule has 0 aliphatic carbocycles. The second kappa shape index (κ2) is 14.7. The SMILES string of the molecule is CCCOC(Cc1ccc(OCCCOc2ccc(Oc3ccccc3)cc2)cc1)C(=O)OCC. The summed E-state index contributed by atoms with van der Waals surface area (Å²) in [6.45, 7) is 5.76. The van der Waals surface area contributed by atoms with Crippen LogP contribution in [0.15, 0.2) is 78.9 Å². The van der Waals surface area contributed by atoms with Crippen molar-refractivity contribution in [1.82, 2.24) is 0 Å². The Morgan fingerprint density at radius 3 is 1.89 bits per heavy atom.